The minimum atomic E-state index is -0.0327. The Balaban J connectivity index is 1.63. The van der Waals surface area contributed by atoms with E-state index in [2.05, 4.69) is 15.2 Å². The fourth-order valence-corrected chi connectivity index (χ4v) is 3.21. The van der Waals surface area contributed by atoms with Crippen molar-refractivity contribution in [2.45, 2.75) is 20.0 Å². The van der Waals surface area contributed by atoms with E-state index >= 15 is 0 Å². The number of aliphatic hydroxyl groups is 1. The highest BCUT2D eigenvalue weighted by atomic mass is 16.5. The smallest absolute Gasteiger partial charge is 0.224 e. The SMILES string of the molecule is Cc1cc(CO)c2cccc(CC(=O)NCCN3CCOCC3)c2n1. The van der Waals surface area contributed by atoms with Gasteiger partial charge in [-0.15, -0.1) is 0 Å². The molecule has 0 unspecified atom stereocenters. The third kappa shape index (κ3) is 4.54. The number of carbonyl (C=O) groups is 1. The maximum absolute atomic E-state index is 12.3. The van der Waals surface area contributed by atoms with Crippen LogP contribution < -0.4 is 5.32 Å². The highest BCUT2D eigenvalue weighted by molar-refractivity contribution is 5.89. The minimum absolute atomic E-state index is 0.00499. The number of nitrogens with zero attached hydrogens (tertiary/aromatic N) is 2. The molecular weight excluding hydrogens is 318 g/mol. The van der Waals surface area contributed by atoms with E-state index < -0.39 is 0 Å². The molecule has 0 bridgehead atoms. The van der Waals surface area contributed by atoms with Gasteiger partial charge in [0.05, 0.1) is 31.8 Å². The van der Waals surface area contributed by atoms with Crippen molar-refractivity contribution < 1.29 is 14.6 Å². The summed E-state index contributed by atoms with van der Waals surface area (Å²) < 4.78 is 5.32. The second kappa shape index (κ2) is 8.38. The van der Waals surface area contributed by atoms with Crippen LogP contribution in [0, 0.1) is 6.92 Å². The van der Waals surface area contributed by atoms with E-state index in [1.54, 1.807) is 0 Å². The first-order chi connectivity index (χ1) is 12.2. The second-order valence-corrected chi connectivity index (χ2v) is 6.37. The number of hydrogen-bond acceptors (Lipinski definition) is 5. The molecule has 1 aromatic carbocycles. The van der Waals surface area contributed by atoms with E-state index in [4.69, 9.17) is 4.74 Å². The molecule has 134 valence electrons. The van der Waals surface area contributed by atoms with E-state index in [9.17, 15) is 9.90 Å². The number of ether oxygens (including phenoxy) is 1. The van der Waals surface area contributed by atoms with E-state index in [-0.39, 0.29) is 12.5 Å². The predicted molar refractivity (Wildman–Crippen MR) is 96.4 cm³/mol. The van der Waals surface area contributed by atoms with Gasteiger partial charge in [-0.3, -0.25) is 14.7 Å². The van der Waals surface area contributed by atoms with Crippen LogP contribution in [0.4, 0.5) is 0 Å². The van der Waals surface area contributed by atoms with E-state index in [1.165, 1.54) is 0 Å². The molecule has 1 aliphatic heterocycles. The van der Waals surface area contributed by atoms with E-state index in [0.717, 1.165) is 60.6 Å². The maximum Gasteiger partial charge on any atom is 0.224 e. The van der Waals surface area contributed by atoms with Crippen LogP contribution in [-0.4, -0.2) is 60.3 Å². The van der Waals surface area contributed by atoms with Gasteiger partial charge in [0.2, 0.25) is 5.91 Å². The summed E-state index contributed by atoms with van der Waals surface area (Å²) in [5.74, 6) is -0.00499. The van der Waals surface area contributed by atoms with Crippen molar-refractivity contribution in [3.8, 4) is 0 Å². The van der Waals surface area contributed by atoms with Crippen LogP contribution in [0.15, 0.2) is 24.3 Å². The molecule has 0 spiro atoms. The first-order valence-corrected chi connectivity index (χ1v) is 8.73. The largest absolute Gasteiger partial charge is 0.392 e. The van der Waals surface area contributed by atoms with Gasteiger partial charge in [-0.05, 0) is 24.1 Å². The molecular formula is C19H25N3O3. The van der Waals surface area contributed by atoms with Gasteiger partial charge in [-0.25, -0.2) is 0 Å². The minimum Gasteiger partial charge on any atom is -0.392 e. The molecule has 2 N–H and O–H groups in total. The number of rotatable bonds is 6. The molecule has 0 saturated carbocycles. The lowest BCUT2D eigenvalue weighted by Gasteiger charge is -2.26. The van der Waals surface area contributed by atoms with Crippen molar-refractivity contribution in [2.75, 3.05) is 39.4 Å². The Hall–Kier alpha value is -2.02. The van der Waals surface area contributed by atoms with Gasteiger partial charge in [-0.1, -0.05) is 18.2 Å². The Morgan fingerprint density at radius 1 is 1.32 bits per heavy atom. The average Bonchev–Trinajstić information content (AvgIpc) is 2.62. The molecule has 25 heavy (non-hydrogen) atoms. The quantitative estimate of drug-likeness (QED) is 0.819. The summed E-state index contributed by atoms with van der Waals surface area (Å²) in [6.45, 7) is 6.73. The summed E-state index contributed by atoms with van der Waals surface area (Å²) >= 11 is 0. The van der Waals surface area contributed by atoms with Crippen LogP contribution in [0.3, 0.4) is 0 Å². The number of carbonyl (C=O) groups excluding carboxylic acids is 1. The molecule has 1 aliphatic rings. The average molecular weight is 343 g/mol. The Labute approximate surface area is 147 Å². The van der Waals surface area contributed by atoms with Crippen LogP contribution in [0.25, 0.3) is 10.9 Å². The number of fused-ring (bicyclic) bond motifs is 1. The number of aryl methyl sites for hydroxylation is 1. The lowest BCUT2D eigenvalue weighted by atomic mass is 10.0. The Morgan fingerprint density at radius 3 is 2.88 bits per heavy atom. The molecule has 3 rings (SSSR count). The summed E-state index contributed by atoms with van der Waals surface area (Å²) in [6.07, 6.45) is 0.293. The fraction of sp³-hybridized carbons (Fsp3) is 0.474. The third-order valence-corrected chi connectivity index (χ3v) is 4.51. The topological polar surface area (TPSA) is 74.7 Å². The molecule has 0 aliphatic carbocycles. The van der Waals surface area contributed by atoms with Gasteiger partial charge in [0.25, 0.3) is 0 Å². The van der Waals surface area contributed by atoms with Crippen molar-refractivity contribution >= 4 is 16.8 Å². The highest BCUT2D eigenvalue weighted by Crippen LogP contribution is 2.22. The predicted octanol–water partition coefficient (Wildman–Crippen LogP) is 1.03. The molecule has 1 fully saturated rings. The number of para-hydroxylation sites is 1. The molecule has 2 heterocycles. The van der Waals surface area contributed by atoms with Crippen molar-refractivity contribution in [1.82, 2.24) is 15.2 Å². The number of benzene rings is 1. The summed E-state index contributed by atoms with van der Waals surface area (Å²) in [7, 11) is 0. The van der Waals surface area contributed by atoms with Gasteiger partial charge >= 0.3 is 0 Å². The number of hydrogen-bond donors (Lipinski definition) is 2. The van der Waals surface area contributed by atoms with Gasteiger partial charge < -0.3 is 15.2 Å². The maximum atomic E-state index is 12.3. The molecule has 0 radical (unpaired) electrons. The molecule has 1 saturated heterocycles. The summed E-state index contributed by atoms with van der Waals surface area (Å²) in [5.41, 5.74) is 3.38. The summed E-state index contributed by atoms with van der Waals surface area (Å²) in [5, 5.41) is 13.4. The number of pyridine rings is 1. The first-order valence-electron chi connectivity index (χ1n) is 8.73. The standard InChI is InChI=1S/C19H25N3O3/c1-14-11-16(13-23)17-4-2-3-15(19(17)21-14)12-18(24)20-5-6-22-7-9-25-10-8-22/h2-4,11,23H,5-10,12-13H2,1H3,(H,20,24). The third-order valence-electron chi connectivity index (χ3n) is 4.51. The van der Waals surface area contributed by atoms with Gasteiger partial charge in [0.15, 0.2) is 0 Å². The van der Waals surface area contributed by atoms with Crippen molar-refractivity contribution in [3.05, 3.63) is 41.1 Å². The van der Waals surface area contributed by atoms with Crippen molar-refractivity contribution in [2.24, 2.45) is 0 Å². The summed E-state index contributed by atoms with van der Waals surface area (Å²) in [6, 6.07) is 7.66. The van der Waals surface area contributed by atoms with Gasteiger partial charge in [0.1, 0.15) is 0 Å². The lowest BCUT2D eigenvalue weighted by molar-refractivity contribution is -0.120. The van der Waals surface area contributed by atoms with E-state index in [0.29, 0.717) is 13.0 Å². The molecule has 1 aromatic heterocycles. The Kier molecular flexibility index (Phi) is 5.96. The number of amides is 1. The molecule has 6 nitrogen and oxygen atoms in total. The van der Waals surface area contributed by atoms with Crippen LogP contribution >= 0.6 is 0 Å². The zero-order chi connectivity index (χ0) is 17.6. The monoisotopic (exact) mass is 343 g/mol. The van der Waals surface area contributed by atoms with Crippen LogP contribution in [0.5, 0.6) is 0 Å². The Bertz CT molecular complexity index is 742. The number of aliphatic hydroxyl groups excluding tert-OH is 1. The van der Waals surface area contributed by atoms with Crippen molar-refractivity contribution in [1.29, 1.82) is 0 Å². The number of morpholine rings is 1. The molecule has 1 amide bonds. The molecule has 2 aromatic rings. The Morgan fingerprint density at radius 2 is 2.12 bits per heavy atom. The second-order valence-electron chi connectivity index (χ2n) is 6.37. The zero-order valence-corrected chi connectivity index (χ0v) is 14.6. The lowest BCUT2D eigenvalue weighted by Crippen LogP contribution is -2.41. The summed E-state index contributed by atoms with van der Waals surface area (Å²) in [4.78, 5) is 19.2. The van der Waals surface area contributed by atoms with Gasteiger partial charge in [0, 0.05) is 37.3 Å². The van der Waals surface area contributed by atoms with E-state index in [1.807, 2.05) is 31.2 Å². The van der Waals surface area contributed by atoms with Crippen LogP contribution in [0.1, 0.15) is 16.8 Å². The number of nitrogens with one attached hydrogen (secondary N) is 1. The fourth-order valence-electron chi connectivity index (χ4n) is 3.21. The highest BCUT2D eigenvalue weighted by Gasteiger charge is 2.12. The normalized spacial score (nSPS) is 15.4. The molecule has 6 heteroatoms. The first kappa shape index (κ1) is 17.8. The zero-order valence-electron chi connectivity index (χ0n) is 14.6. The number of aromatic nitrogens is 1. The van der Waals surface area contributed by atoms with Gasteiger partial charge in [-0.2, -0.15) is 0 Å². The van der Waals surface area contributed by atoms with Crippen molar-refractivity contribution in [3.63, 3.8) is 0 Å². The van der Waals surface area contributed by atoms with Crippen LogP contribution in [0.2, 0.25) is 0 Å². The van der Waals surface area contributed by atoms with Crippen LogP contribution in [-0.2, 0) is 22.6 Å². The molecule has 0 atom stereocenters.